The fourth-order valence-corrected chi connectivity index (χ4v) is 16.7. The zero-order valence-corrected chi connectivity index (χ0v) is 44.2. The van der Waals surface area contributed by atoms with Crippen LogP contribution in [0.5, 0.6) is 0 Å². The minimum Gasteiger partial charge on any atom is -0.458 e. The molecule has 0 bridgehead atoms. The third-order valence-electron chi connectivity index (χ3n) is 21.0. The van der Waals surface area contributed by atoms with E-state index >= 15 is 0 Å². The fraction of sp³-hybridized carbons (Fsp3) is 0.836. The lowest BCUT2D eigenvalue weighted by Gasteiger charge is -2.72. The van der Waals surface area contributed by atoms with Gasteiger partial charge in [-0.05, 0) is 114 Å². The number of aliphatic hydroxyl groups excluding tert-OH is 11. The summed E-state index contributed by atoms with van der Waals surface area (Å²) in [5, 5.41) is 124. The van der Waals surface area contributed by atoms with Crippen LogP contribution in [-0.2, 0) is 28.4 Å². The third-order valence-corrected chi connectivity index (χ3v) is 21.0. The van der Waals surface area contributed by atoms with E-state index in [9.17, 15) is 61.0 Å². The number of allylic oxidation sites excluding steroid dienone is 2. The predicted octanol–water partition coefficient (Wildman–Crippen LogP) is 1.37. The molecule has 0 spiro atoms. The molecular formula is C55H85NO18. The molecule has 12 N–H and O–H groups in total. The molecule has 1 aromatic rings. The number of carbonyl (C=O) groups is 1. The number of esters is 1. The number of anilines is 1. The molecule has 0 amide bonds. The van der Waals surface area contributed by atoms with E-state index in [2.05, 4.69) is 59.9 Å². The Morgan fingerprint density at radius 3 is 2.03 bits per heavy atom. The number of carbonyl (C=O) groups excluding carboxylic acids is 1. The van der Waals surface area contributed by atoms with Gasteiger partial charge in [0.05, 0.1) is 49.6 Å². The van der Waals surface area contributed by atoms with Crippen molar-refractivity contribution in [1.29, 1.82) is 0 Å². The van der Waals surface area contributed by atoms with Crippen LogP contribution in [-0.4, -0.2) is 194 Å². The van der Waals surface area contributed by atoms with Gasteiger partial charge >= 0.3 is 5.97 Å². The van der Waals surface area contributed by atoms with Crippen LogP contribution in [0.1, 0.15) is 110 Å². The van der Waals surface area contributed by atoms with Gasteiger partial charge in [0, 0.05) is 12.7 Å². The lowest BCUT2D eigenvalue weighted by atomic mass is 9.32. The highest BCUT2D eigenvalue weighted by Gasteiger charge is 2.72. The topological polar surface area (TPSA) is 307 Å². The van der Waals surface area contributed by atoms with E-state index in [1.54, 1.807) is 19.2 Å². The molecule has 3 saturated heterocycles. The Kier molecular flexibility index (Phi) is 15.5. The summed E-state index contributed by atoms with van der Waals surface area (Å²) in [6.45, 7) is 14.3. The Labute approximate surface area is 434 Å². The molecule has 19 heteroatoms. The van der Waals surface area contributed by atoms with Crippen LogP contribution >= 0.6 is 0 Å². The molecule has 9 rings (SSSR count). The number of hydrogen-bond donors (Lipinski definition) is 12. The summed E-state index contributed by atoms with van der Waals surface area (Å²) in [4.78, 5) is 14.0. The molecule has 0 unspecified atom stereocenters. The van der Waals surface area contributed by atoms with Crippen LogP contribution in [0.25, 0.3) is 0 Å². The molecule has 418 valence electrons. The van der Waals surface area contributed by atoms with Crippen molar-refractivity contribution in [2.75, 3.05) is 38.8 Å². The molecule has 0 radical (unpaired) electrons. The van der Waals surface area contributed by atoms with Crippen molar-refractivity contribution in [2.24, 2.45) is 56.2 Å². The van der Waals surface area contributed by atoms with Crippen molar-refractivity contribution in [1.82, 2.24) is 0 Å². The van der Waals surface area contributed by atoms with E-state index in [1.165, 1.54) is 5.57 Å². The number of aliphatic hydroxyl groups is 11. The largest absolute Gasteiger partial charge is 0.458 e. The van der Waals surface area contributed by atoms with Gasteiger partial charge in [-0.1, -0.05) is 72.2 Å². The Bertz CT molecular complexity index is 2210. The first kappa shape index (κ1) is 56.3. The fourth-order valence-electron chi connectivity index (χ4n) is 16.7. The van der Waals surface area contributed by atoms with Crippen LogP contribution in [0.15, 0.2) is 35.9 Å². The van der Waals surface area contributed by atoms with Crippen molar-refractivity contribution in [3.05, 3.63) is 41.5 Å². The minimum atomic E-state index is -1.78. The Morgan fingerprint density at radius 2 is 1.35 bits per heavy atom. The van der Waals surface area contributed by atoms with Crippen LogP contribution in [0.3, 0.4) is 0 Å². The molecule has 74 heavy (non-hydrogen) atoms. The number of ether oxygens (including phenoxy) is 6. The monoisotopic (exact) mass is 1050 g/mol. The van der Waals surface area contributed by atoms with E-state index in [4.69, 9.17) is 28.4 Å². The Morgan fingerprint density at radius 1 is 0.716 bits per heavy atom. The molecule has 19 nitrogen and oxygen atoms in total. The van der Waals surface area contributed by atoms with Crippen molar-refractivity contribution in [2.45, 2.75) is 198 Å². The SMILES string of the molecule is CNc1ccccc1C(=O)O[C@H]1CC(C)(C)C[C@H]2C3=CC[C@@H]4[C@@]5(C)CC[C@H]([C@@H]6O[C@H](CO[C@@H]7O[C@H](CO[C@@H]8OC[C@@H](O)[C@H](O)[C@H]8O)[C@@H](O)[C@H](O)[C@H]7O)[C@@H](O)[C@H](O)[C@H]6O)C(C)(C)[C@@H]5CC[C@@]4(C)[C@]3(C)C[C@H](O)[C@@]12CO. The first-order valence-corrected chi connectivity index (χ1v) is 27.0. The van der Waals surface area contributed by atoms with E-state index < -0.39 is 133 Å². The van der Waals surface area contributed by atoms with Gasteiger partial charge in [-0.3, -0.25) is 0 Å². The maximum atomic E-state index is 14.0. The lowest BCUT2D eigenvalue weighted by Crippen LogP contribution is -2.70. The van der Waals surface area contributed by atoms with Crippen molar-refractivity contribution < 1.29 is 89.4 Å². The van der Waals surface area contributed by atoms with E-state index in [0.29, 0.717) is 30.5 Å². The van der Waals surface area contributed by atoms with Gasteiger partial charge in [0.15, 0.2) is 12.6 Å². The van der Waals surface area contributed by atoms with Crippen molar-refractivity contribution in [3.63, 3.8) is 0 Å². The summed E-state index contributed by atoms with van der Waals surface area (Å²) in [6, 6.07) is 7.18. The summed E-state index contributed by atoms with van der Waals surface area (Å²) in [5.41, 5.74) is -0.496. The summed E-state index contributed by atoms with van der Waals surface area (Å²) < 4.78 is 35.6. The molecule has 0 aromatic heterocycles. The minimum absolute atomic E-state index is 0.133. The summed E-state index contributed by atoms with van der Waals surface area (Å²) >= 11 is 0. The van der Waals surface area contributed by atoms with E-state index in [-0.39, 0.29) is 53.1 Å². The number of nitrogens with one attached hydrogen (secondary N) is 1. The first-order chi connectivity index (χ1) is 34.7. The molecule has 8 aliphatic rings. The third kappa shape index (κ3) is 8.92. The lowest BCUT2D eigenvalue weighted by molar-refractivity contribution is -0.330. The molecular weight excluding hydrogens is 963 g/mol. The maximum absolute atomic E-state index is 14.0. The quantitative estimate of drug-likeness (QED) is 0.110. The molecule has 7 fully saturated rings. The summed E-state index contributed by atoms with van der Waals surface area (Å²) in [6.07, 6.45) is -14.7. The van der Waals surface area contributed by atoms with Crippen LogP contribution in [0.4, 0.5) is 5.69 Å². The average Bonchev–Trinajstić information content (AvgIpc) is 3.34. The molecule has 5 aliphatic carbocycles. The smallest absolute Gasteiger partial charge is 0.340 e. The number of rotatable bonds is 11. The second-order valence-electron chi connectivity index (χ2n) is 25.6. The number of hydrogen-bond acceptors (Lipinski definition) is 19. The molecule has 3 heterocycles. The van der Waals surface area contributed by atoms with Gasteiger partial charge in [0.2, 0.25) is 0 Å². The second-order valence-corrected chi connectivity index (χ2v) is 25.6. The highest BCUT2D eigenvalue weighted by Crippen LogP contribution is 2.76. The van der Waals surface area contributed by atoms with Gasteiger partial charge < -0.3 is 89.9 Å². The van der Waals surface area contributed by atoms with Gasteiger partial charge in [-0.15, -0.1) is 0 Å². The zero-order chi connectivity index (χ0) is 53.8. The normalized spacial score (nSPS) is 49.7. The molecule has 1 aromatic carbocycles. The number of para-hydroxylation sites is 1. The van der Waals surface area contributed by atoms with Crippen LogP contribution in [0, 0.1) is 56.2 Å². The van der Waals surface area contributed by atoms with Gasteiger partial charge in [-0.2, -0.15) is 0 Å². The van der Waals surface area contributed by atoms with Crippen LogP contribution in [0.2, 0.25) is 0 Å². The maximum Gasteiger partial charge on any atom is 0.340 e. The first-order valence-electron chi connectivity index (χ1n) is 27.0. The summed E-state index contributed by atoms with van der Waals surface area (Å²) in [7, 11) is 1.75. The van der Waals surface area contributed by atoms with Crippen LogP contribution < -0.4 is 5.32 Å². The Hall–Kier alpha value is -2.41. The van der Waals surface area contributed by atoms with Crippen molar-refractivity contribution >= 4 is 11.7 Å². The van der Waals surface area contributed by atoms with Gasteiger partial charge in [0.1, 0.15) is 73.2 Å². The zero-order valence-electron chi connectivity index (χ0n) is 44.2. The molecule has 3 aliphatic heterocycles. The van der Waals surface area contributed by atoms with Crippen molar-refractivity contribution in [3.8, 4) is 0 Å². The molecule has 4 saturated carbocycles. The van der Waals surface area contributed by atoms with Gasteiger partial charge in [0.25, 0.3) is 0 Å². The van der Waals surface area contributed by atoms with Gasteiger partial charge in [-0.25, -0.2) is 4.79 Å². The highest BCUT2D eigenvalue weighted by molar-refractivity contribution is 5.95. The van der Waals surface area contributed by atoms with E-state index in [0.717, 1.165) is 32.1 Å². The second kappa shape index (κ2) is 20.4. The molecule has 24 atom stereocenters. The average molecular weight is 1050 g/mol. The number of benzene rings is 1. The summed E-state index contributed by atoms with van der Waals surface area (Å²) in [5.74, 6) is -0.699. The highest BCUT2D eigenvalue weighted by atomic mass is 16.7. The van der Waals surface area contributed by atoms with E-state index in [1.807, 2.05) is 12.1 Å². The Balaban J connectivity index is 0.916. The number of fused-ring (bicyclic) bond motifs is 7. The predicted molar refractivity (Wildman–Crippen MR) is 265 cm³/mol. The standard InChI is InChI=1S/C55H85NO18/c1-50(2)19-29-27-13-14-35-52(5)17-15-28(46-43(65)41(63)39(61)32(72-46)23-71-49-45(67)42(64)40(62)33(73-49)24-70-48-44(66)38(60)31(58)22-69-48)51(3,4)34(52)16-18-53(35,6)54(27,7)20-36(59)55(29,25-57)37(21-50)74-47(68)26-11-9-10-12-30(26)56-8/h9-13,28-29,31-46,48-49,56-67H,14-25H2,1-8H3/t28-,29+,31-,32-,33-,34+,35-,36+,37+,38+,39-,40-,41+,42+,43-,44-,45-,46+,48+,49-,52+,53-,54-,55+/m1/s1.